The van der Waals surface area contributed by atoms with Gasteiger partial charge in [0.05, 0.1) is 23.8 Å². The van der Waals surface area contributed by atoms with Gasteiger partial charge < -0.3 is 15.1 Å². The molecule has 3 aromatic heterocycles. The van der Waals surface area contributed by atoms with Crippen LogP contribution in [0, 0.1) is 12.7 Å². The van der Waals surface area contributed by atoms with E-state index in [9.17, 15) is 9.18 Å². The molecule has 0 aliphatic heterocycles. The van der Waals surface area contributed by atoms with Crippen molar-refractivity contribution < 1.29 is 13.6 Å². The Labute approximate surface area is 223 Å². The van der Waals surface area contributed by atoms with Crippen molar-refractivity contribution >= 4 is 22.8 Å². The van der Waals surface area contributed by atoms with Gasteiger partial charge in [-0.3, -0.25) is 9.25 Å². The molecule has 0 bridgehead atoms. The predicted molar refractivity (Wildman–Crippen MR) is 148 cm³/mol. The molecule has 9 heteroatoms. The number of hydrogen-bond acceptors (Lipinski definition) is 4. The summed E-state index contributed by atoms with van der Waals surface area (Å²) in [6.07, 6.45) is 5.53. The highest BCUT2D eigenvalue weighted by atomic mass is 19.1. The average Bonchev–Trinajstić information content (AvgIpc) is 3.67. The molecule has 3 heterocycles. The molecular weight excluding hydrogens is 495 g/mol. The fourth-order valence-electron chi connectivity index (χ4n) is 4.52. The summed E-state index contributed by atoms with van der Waals surface area (Å²) in [6.45, 7) is 2.11. The number of anilines is 1. The lowest BCUT2D eigenvalue weighted by Crippen LogP contribution is -2.28. The summed E-state index contributed by atoms with van der Waals surface area (Å²) in [5, 5.41) is 9.99. The number of imidazole rings is 1. The van der Waals surface area contributed by atoms with Gasteiger partial charge in [-0.2, -0.15) is 5.10 Å². The highest BCUT2D eigenvalue weighted by Crippen LogP contribution is 2.30. The molecule has 6 aromatic rings. The largest absolute Gasteiger partial charge is 0.465 e. The standard InChI is InChI=1S/C30H25FN6O2/c1-19-3-9-27(39-19)16-32-30(38)35-25-11-22(20-4-7-24(31)8-5-20)12-26(14-25)37-18-33-28-13-21(6-10-29(28)37)23-15-34-36(2)17-23/h3-15,17-18H,16H2,1-2H3,(H2,32,35,38). The molecule has 6 rings (SSSR count). The first-order valence-corrected chi connectivity index (χ1v) is 12.4. The molecule has 8 nitrogen and oxygen atoms in total. The number of aryl methyl sites for hydroxylation is 2. The van der Waals surface area contributed by atoms with Crippen molar-refractivity contribution in [1.82, 2.24) is 24.6 Å². The van der Waals surface area contributed by atoms with Crippen molar-refractivity contribution in [3.05, 3.63) is 109 Å². The quantitative estimate of drug-likeness (QED) is 0.264. The van der Waals surface area contributed by atoms with Crippen LogP contribution in [0.5, 0.6) is 0 Å². The number of halogens is 1. The van der Waals surface area contributed by atoms with Crippen molar-refractivity contribution in [2.24, 2.45) is 7.05 Å². The number of benzene rings is 3. The van der Waals surface area contributed by atoms with Gasteiger partial charge in [-0.15, -0.1) is 0 Å². The van der Waals surface area contributed by atoms with Crippen LogP contribution in [-0.2, 0) is 13.6 Å². The summed E-state index contributed by atoms with van der Waals surface area (Å²) in [5.74, 6) is 1.13. The Balaban J connectivity index is 1.34. The van der Waals surface area contributed by atoms with Crippen molar-refractivity contribution in [2.75, 3.05) is 5.32 Å². The molecule has 2 amide bonds. The van der Waals surface area contributed by atoms with Crippen molar-refractivity contribution in [1.29, 1.82) is 0 Å². The van der Waals surface area contributed by atoms with Crippen LogP contribution < -0.4 is 10.6 Å². The SMILES string of the molecule is Cc1ccc(CNC(=O)Nc2cc(-c3ccc(F)cc3)cc(-n3cnc4cc(-c5cnn(C)c5)ccc43)c2)o1. The van der Waals surface area contributed by atoms with Gasteiger partial charge in [0.15, 0.2) is 0 Å². The molecule has 0 aliphatic rings. The predicted octanol–water partition coefficient (Wildman–Crippen LogP) is 6.46. The van der Waals surface area contributed by atoms with Gasteiger partial charge >= 0.3 is 6.03 Å². The third-order valence-corrected chi connectivity index (χ3v) is 6.44. The fourth-order valence-corrected chi connectivity index (χ4v) is 4.52. The van der Waals surface area contributed by atoms with Crippen molar-refractivity contribution in [3.63, 3.8) is 0 Å². The average molecular weight is 521 g/mol. The van der Waals surface area contributed by atoms with Crippen LogP contribution in [0.15, 0.2) is 95.9 Å². The third kappa shape index (κ3) is 5.15. The Morgan fingerprint density at radius 3 is 2.51 bits per heavy atom. The second-order valence-corrected chi connectivity index (χ2v) is 9.32. The number of amides is 2. The molecule has 194 valence electrons. The fraction of sp³-hybridized carbons (Fsp3) is 0.100. The third-order valence-electron chi connectivity index (χ3n) is 6.44. The van der Waals surface area contributed by atoms with Crippen LogP contribution in [0.1, 0.15) is 11.5 Å². The van der Waals surface area contributed by atoms with Crippen LogP contribution in [0.4, 0.5) is 14.9 Å². The first kappa shape index (κ1) is 24.2. The second-order valence-electron chi connectivity index (χ2n) is 9.32. The topological polar surface area (TPSA) is 89.9 Å². The Morgan fingerprint density at radius 1 is 0.949 bits per heavy atom. The molecule has 0 aliphatic carbocycles. The van der Waals surface area contributed by atoms with E-state index in [-0.39, 0.29) is 18.4 Å². The minimum atomic E-state index is -0.372. The highest BCUT2D eigenvalue weighted by Gasteiger charge is 2.12. The molecule has 0 saturated heterocycles. The zero-order chi connectivity index (χ0) is 26.9. The maximum atomic E-state index is 13.6. The molecule has 2 N–H and O–H groups in total. The number of furan rings is 1. The normalized spacial score (nSPS) is 11.2. The molecule has 0 radical (unpaired) electrons. The van der Waals surface area contributed by atoms with Crippen molar-refractivity contribution in [2.45, 2.75) is 13.5 Å². The monoisotopic (exact) mass is 520 g/mol. The van der Waals surface area contributed by atoms with Crippen molar-refractivity contribution in [3.8, 4) is 27.9 Å². The van der Waals surface area contributed by atoms with Gasteiger partial charge in [-0.05, 0) is 78.2 Å². The highest BCUT2D eigenvalue weighted by molar-refractivity contribution is 5.91. The first-order chi connectivity index (χ1) is 18.9. The van der Waals surface area contributed by atoms with Gasteiger partial charge in [0, 0.05) is 30.2 Å². The Morgan fingerprint density at radius 2 is 1.77 bits per heavy atom. The first-order valence-electron chi connectivity index (χ1n) is 12.4. The zero-order valence-corrected chi connectivity index (χ0v) is 21.4. The van der Waals surface area contributed by atoms with E-state index in [4.69, 9.17) is 4.42 Å². The van der Waals surface area contributed by atoms with E-state index in [0.717, 1.165) is 44.7 Å². The number of rotatable bonds is 6. The minimum absolute atomic E-state index is 0.260. The van der Waals surface area contributed by atoms with Gasteiger partial charge in [0.2, 0.25) is 0 Å². The van der Waals surface area contributed by atoms with Gasteiger partial charge in [-0.1, -0.05) is 18.2 Å². The summed E-state index contributed by atoms with van der Waals surface area (Å²) in [6, 6.07) is 21.3. The van der Waals surface area contributed by atoms with Crippen LogP contribution in [-0.4, -0.2) is 25.4 Å². The van der Waals surface area contributed by atoms with Crippen LogP contribution in [0.25, 0.3) is 39.0 Å². The van der Waals surface area contributed by atoms with Gasteiger partial charge in [0.1, 0.15) is 23.7 Å². The Bertz CT molecular complexity index is 1800. The molecule has 3 aromatic carbocycles. The van der Waals surface area contributed by atoms with E-state index in [1.807, 2.05) is 79.5 Å². The maximum Gasteiger partial charge on any atom is 0.319 e. The number of fused-ring (bicyclic) bond motifs is 1. The second kappa shape index (κ2) is 9.94. The Kier molecular flexibility index (Phi) is 6.16. The van der Waals surface area contributed by atoms with E-state index in [0.29, 0.717) is 11.4 Å². The minimum Gasteiger partial charge on any atom is -0.465 e. The smallest absolute Gasteiger partial charge is 0.319 e. The van der Waals surface area contributed by atoms with E-state index < -0.39 is 0 Å². The lowest BCUT2D eigenvalue weighted by Gasteiger charge is -2.13. The number of carbonyl (C=O) groups is 1. The maximum absolute atomic E-state index is 13.6. The summed E-state index contributed by atoms with van der Waals surface area (Å²) < 4.78 is 22.9. The number of hydrogen-bond donors (Lipinski definition) is 2. The molecule has 0 unspecified atom stereocenters. The lowest BCUT2D eigenvalue weighted by molar-refractivity contribution is 0.250. The number of carbonyl (C=O) groups excluding carboxylic acids is 1. The number of nitrogens with one attached hydrogen (secondary N) is 2. The number of urea groups is 1. The summed E-state index contributed by atoms with van der Waals surface area (Å²) in [7, 11) is 1.88. The molecule has 0 saturated carbocycles. The van der Waals surface area contributed by atoms with Crippen LogP contribution in [0.3, 0.4) is 0 Å². The number of aromatic nitrogens is 4. The molecule has 0 spiro atoms. The van der Waals surface area contributed by atoms with E-state index in [1.54, 1.807) is 23.1 Å². The molecule has 39 heavy (non-hydrogen) atoms. The summed E-state index contributed by atoms with van der Waals surface area (Å²) in [5.41, 5.74) is 6.77. The summed E-state index contributed by atoms with van der Waals surface area (Å²) >= 11 is 0. The molecule has 0 atom stereocenters. The van der Waals surface area contributed by atoms with Gasteiger partial charge in [0.25, 0.3) is 0 Å². The van der Waals surface area contributed by atoms with Crippen LogP contribution in [0.2, 0.25) is 0 Å². The molecule has 0 fully saturated rings. The Hall–Kier alpha value is -5.18. The van der Waals surface area contributed by atoms with Crippen LogP contribution >= 0.6 is 0 Å². The summed E-state index contributed by atoms with van der Waals surface area (Å²) in [4.78, 5) is 17.4. The zero-order valence-electron chi connectivity index (χ0n) is 21.4. The number of nitrogens with zero attached hydrogens (tertiary/aromatic N) is 4. The lowest BCUT2D eigenvalue weighted by atomic mass is 10.0. The van der Waals surface area contributed by atoms with Gasteiger partial charge in [-0.25, -0.2) is 14.2 Å². The van der Waals surface area contributed by atoms with E-state index >= 15 is 0 Å². The van der Waals surface area contributed by atoms with E-state index in [1.165, 1.54) is 12.1 Å². The van der Waals surface area contributed by atoms with E-state index in [2.05, 4.69) is 20.7 Å². The molecular formula is C30H25FN6O2.